The molecule has 0 nitrogen and oxygen atoms in total. The van der Waals surface area contributed by atoms with E-state index in [2.05, 4.69) is 32.0 Å². The van der Waals surface area contributed by atoms with Crippen molar-refractivity contribution >= 4 is 11.6 Å². The fourth-order valence-electron chi connectivity index (χ4n) is 4.05. The summed E-state index contributed by atoms with van der Waals surface area (Å²) in [5, 5.41) is 0.199. The van der Waals surface area contributed by atoms with Gasteiger partial charge in [-0.25, -0.2) is 0 Å². The second-order valence-electron chi connectivity index (χ2n) is 7.12. The maximum atomic E-state index is 6.84. The Labute approximate surface area is 122 Å². The van der Waals surface area contributed by atoms with Crippen LogP contribution in [0.15, 0.2) is 18.2 Å². The first-order chi connectivity index (χ1) is 9.08. The average molecular weight is 277 g/mol. The van der Waals surface area contributed by atoms with E-state index in [1.165, 1.54) is 50.5 Å². The number of fused-ring (bicyclic) bond motifs is 1. The topological polar surface area (TPSA) is 0 Å². The highest BCUT2D eigenvalue weighted by Gasteiger charge is 2.39. The van der Waals surface area contributed by atoms with Crippen molar-refractivity contribution in [2.75, 3.05) is 0 Å². The number of aryl methyl sites for hydroxylation is 2. The lowest BCUT2D eigenvalue weighted by Crippen LogP contribution is -2.21. The van der Waals surface area contributed by atoms with Crippen molar-refractivity contribution in [1.82, 2.24) is 0 Å². The fourth-order valence-corrected chi connectivity index (χ4v) is 4.66. The van der Waals surface area contributed by atoms with Crippen LogP contribution in [0.1, 0.15) is 68.0 Å². The molecule has 1 aromatic rings. The molecule has 1 aromatic carbocycles. The van der Waals surface area contributed by atoms with Crippen LogP contribution in [0.5, 0.6) is 0 Å². The SMILES string of the molecule is CC1(C)CCCC1C(Cl)c1ccc2c(c1)CCCC2. The maximum absolute atomic E-state index is 6.84. The molecule has 2 unspecified atom stereocenters. The Hall–Kier alpha value is -0.490. The number of halogens is 1. The highest BCUT2D eigenvalue weighted by molar-refractivity contribution is 6.21. The minimum Gasteiger partial charge on any atom is -0.117 e. The summed E-state index contributed by atoms with van der Waals surface area (Å²) in [6.07, 6.45) is 9.17. The van der Waals surface area contributed by atoms with Crippen LogP contribution in [0, 0.1) is 11.3 Å². The van der Waals surface area contributed by atoms with Crippen molar-refractivity contribution < 1.29 is 0 Å². The molecule has 0 saturated heterocycles. The molecule has 2 atom stereocenters. The number of hydrogen-bond donors (Lipinski definition) is 0. The monoisotopic (exact) mass is 276 g/mol. The number of rotatable bonds is 2. The molecule has 2 aliphatic rings. The predicted octanol–water partition coefficient (Wildman–Crippen LogP) is 5.67. The Balaban J connectivity index is 1.85. The summed E-state index contributed by atoms with van der Waals surface area (Å²) in [4.78, 5) is 0. The Bertz CT molecular complexity index is 461. The van der Waals surface area contributed by atoms with Gasteiger partial charge in [0, 0.05) is 0 Å². The van der Waals surface area contributed by atoms with E-state index in [-0.39, 0.29) is 5.38 Å². The van der Waals surface area contributed by atoms with Crippen LogP contribution in [-0.4, -0.2) is 0 Å². The molecule has 2 aliphatic carbocycles. The quantitative estimate of drug-likeness (QED) is 0.610. The molecule has 19 heavy (non-hydrogen) atoms. The van der Waals surface area contributed by atoms with Crippen LogP contribution in [0.4, 0.5) is 0 Å². The Morgan fingerprint density at radius 1 is 1.11 bits per heavy atom. The van der Waals surface area contributed by atoms with Gasteiger partial charge in [0.15, 0.2) is 0 Å². The first kappa shape index (κ1) is 13.5. The van der Waals surface area contributed by atoms with Gasteiger partial charge in [0.1, 0.15) is 0 Å². The van der Waals surface area contributed by atoms with E-state index < -0.39 is 0 Å². The summed E-state index contributed by atoms with van der Waals surface area (Å²) >= 11 is 6.84. The summed E-state index contributed by atoms with van der Waals surface area (Å²) in [7, 11) is 0. The van der Waals surface area contributed by atoms with E-state index in [9.17, 15) is 0 Å². The molecule has 0 amide bonds. The lowest BCUT2D eigenvalue weighted by Gasteiger charge is -2.31. The highest BCUT2D eigenvalue weighted by atomic mass is 35.5. The van der Waals surface area contributed by atoms with E-state index in [1.807, 2.05) is 0 Å². The van der Waals surface area contributed by atoms with Gasteiger partial charge in [0.2, 0.25) is 0 Å². The van der Waals surface area contributed by atoms with Crippen molar-refractivity contribution in [3.63, 3.8) is 0 Å². The summed E-state index contributed by atoms with van der Waals surface area (Å²) < 4.78 is 0. The maximum Gasteiger partial charge on any atom is 0.0618 e. The van der Waals surface area contributed by atoms with Gasteiger partial charge in [-0.3, -0.25) is 0 Å². The largest absolute Gasteiger partial charge is 0.117 e. The molecule has 1 heteroatoms. The summed E-state index contributed by atoms with van der Waals surface area (Å²) in [6, 6.07) is 7.03. The normalized spacial score (nSPS) is 27.0. The van der Waals surface area contributed by atoms with E-state index in [1.54, 1.807) is 11.1 Å². The smallest absolute Gasteiger partial charge is 0.0618 e. The van der Waals surface area contributed by atoms with E-state index in [0.717, 1.165) is 0 Å². The Morgan fingerprint density at radius 2 is 1.84 bits per heavy atom. The molecule has 1 fully saturated rings. The standard InChI is InChI=1S/C18H25Cl/c1-18(2)11-5-8-16(18)17(19)15-10-9-13-6-3-4-7-14(13)12-15/h9-10,12,16-17H,3-8,11H2,1-2H3. The van der Waals surface area contributed by atoms with Crippen LogP contribution in [0.3, 0.4) is 0 Å². The molecular weight excluding hydrogens is 252 g/mol. The van der Waals surface area contributed by atoms with Crippen molar-refractivity contribution in [1.29, 1.82) is 0 Å². The van der Waals surface area contributed by atoms with Gasteiger partial charge >= 0.3 is 0 Å². The van der Waals surface area contributed by atoms with Crippen LogP contribution in [0.2, 0.25) is 0 Å². The lowest BCUT2D eigenvalue weighted by atomic mass is 9.77. The van der Waals surface area contributed by atoms with Crippen LogP contribution < -0.4 is 0 Å². The zero-order chi connectivity index (χ0) is 13.5. The fraction of sp³-hybridized carbons (Fsp3) is 0.667. The summed E-state index contributed by atoms with van der Waals surface area (Å²) in [5.41, 5.74) is 4.89. The zero-order valence-electron chi connectivity index (χ0n) is 12.2. The third kappa shape index (κ3) is 2.57. The predicted molar refractivity (Wildman–Crippen MR) is 82.8 cm³/mol. The van der Waals surface area contributed by atoms with Crippen LogP contribution in [0.25, 0.3) is 0 Å². The Kier molecular flexibility index (Phi) is 3.64. The molecule has 0 spiro atoms. The summed E-state index contributed by atoms with van der Waals surface area (Å²) in [5.74, 6) is 0.635. The van der Waals surface area contributed by atoms with Crippen molar-refractivity contribution in [2.24, 2.45) is 11.3 Å². The molecule has 1 saturated carbocycles. The first-order valence-corrected chi connectivity index (χ1v) is 8.27. The molecule has 0 bridgehead atoms. The number of hydrogen-bond acceptors (Lipinski definition) is 0. The van der Waals surface area contributed by atoms with Gasteiger partial charge in [-0.05, 0) is 66.5 Å². The van der Waals surface area contributed by atoms with Gasteiger partial charge in [0.05, 0.1) is 5.38 Å². The Morgan fingerprint density at radius 3 is 2.53 bits per heavy atom. The number of alkyl halides is 1. The van der Waals surface area contributed by atoms with E-state index >= 15 is 0 Å². The van der Waals surface area contributed by atoms with Crippen LogP contribution in [-0.2, 0) is 12.8 Å². The molecule has 3 rings (SSSR count). The third-order valence-corrected chi connectivity index (χ3v) is 5.94. The third-order valence-electron chi connectivity index (χ3n) is 5.38. The molecule has 104 valence electrons. The van der Waals surface area contributed by atoms with Crippen molar-refractivity contribution in [3.8, 4) is 0 Å². The average Bonchev–Trinajstić information content (AvgIpc) is 2.77. The van der Waals surface area contributed by atoms with E-state index in [0.29, 0.717) is 11.3 Å². The summed E-state index contributed by atoms with van der Waals surface area (Å²) in [6.45, 7) is 4.77. The lowest BCUT2D eigenvalue weighted by molar-refractivity contribution is 0.252. The van der Waals surface area contributed by atoms with Crippen molar-refractivity contribution in [3.05, 3.63) is 34.9 Å². The molecule has 0 radical (unpaired) electrons. The molecular formula is C18H25Cl. The second kappa shape index (κ2) is 5.13. The number of benzene rings is 1. The van der Waals surface area contributed by atoms with Gasteiger partial charge in [-0.2, -0.15) is 0 Å². The van der Waals surface area contributed by atoms with Crippen LogP contribution >= 0.6 is 11.6 Å². The van der Waals surface area contributed by atoms with Gasteiger partial charge in [0.25, 0.3) is 0 Å². The highest BCUT2D eigenvalue weighted by Crippen LogP contribution is 2.51. The molecule has 0 heterocycles. The first-order valence-electron chi connectivity index (χ1n) is 7.84. The minimum absolute atomic E-state index is 0.199. The molecule has 0 N–H and O–H groups in total. The van der Waals surface area contributed by atoms with Crippen molar-refractivity contribution in [2.45, 2.75) is 64.2 Å². The van der Waals surface area contributed by atoms with Gasteiger partial charge < -0.3 is 0 Å². The minimum atomic E-state index is 0.199. The van der Waals surface area contributed by atoms with Gasteiger partial charge in [-0.1, -0.05) is 38.5 Å². The van der Waals surface area contributed by atoms with Gasteiger partial charge in [-0.15, -0.1) is 11.6 Å². The van der Waals surface area contributed by atoms with E-state index in [4.69, 9.17) is 11.6 Å². The molecule has 0 aliphatic heterocycles. The second-order valence-corrected chi connectivity index (χ2v) is 7.59. The zero-order valence-corrected chi connectivity index (χ0v) is 13.0. The molecule has 0 aromatic heterocycles.